The van der Waals surface area contributed by atoms with Crippen molar-refractivity contribution in [1.29, 1.82) is 0 Å². The van der Waals surface area contributed by atoms with Gasteiger partial charge < -0.3 is 4.74 Å². The Morgan fingerprint density at radius 1 is 1.60 bits per heavy atom. The molecule has 0 aliphatic rings. The first kappa shape index (κ1) is 9.43. The summed E-state index contributed by atoms with van der Waals surface area (Å²) in [5.74, 6) is -0.219. The summed E-state index contributed by atoms with van der Waals surface area (Å²) < 4.78 is 4.69. The number of hydrogen-bond donors (Lipinski definition) is 0. The lowest BCUT2D eigenvalue weighted by Gasteiger charge is -1.94. The van der Waals surface area contributed by atoms with Crippen LogP contribution in [0.4, 0.5) is 0 Å². The van der Waals surface area contributed by atoms with Gasteiger partial charge in [0.2, 0.25) is 0 Å². The van der Waals surface area contributed by atoms with E-state index in [0.29, 0.717) is 6.61 Å². The van der Waals surface area contributed by atoms with Crippen LogP contribution in [0.2, 0.25) is 13.1 Å². The van der Waals surface area contributed by atoms with Crippen LogP contribution in [0.3, 0.4) is 0 Å². The van der Waals surface area contributed by atoms with Gasteiger partial charge in [-0.05, 0) is 6.92 Å². The molecule has 0 aliphatic heterocycles. The van der Waals surface area contributed by atoms with Crippen molar-refractivity contribution in [3.05, 3.63) is 11.8 Å². The Kier molecular flexibility index (Phi) is 4.93. The normalized spacial score (nSPS) is 10.8. The predicted molar refractivity (Wildman–Crippen MR) is 44.7 cm³/mol. The second-order valence-corrected chi connectivity index (χ2v) is 5.23. The summed E-state index contributed by atoms with van der Waals surface area (Å²) in [5, 5.41) is 0. The summed E-state index contributed by atoms with van der Waals surface area (Å²) in [6.07, 6.45) is 1.53. The van der Waals surface area contributed by atoms with Crippen LogP contribution in [-0.4, -0.2) is 21.4 Å². The molecular formula is C7H14O2Si. The first-order valence-corrected chi connectivity index (χ1v) is 6.49. The molecule has 0 aliphatic carbocycles. The average molecular weight is 158 g/mol. The van der Waals surface area contributed by atoms with Crippen LogP contribution in [0.25, 0.3) is 0 Å². The van der Waals surface area contributed by atoms with Crippen LogP contribution in [0.5, 0.6) is 0 Å². The van der Waals surface area contributed by atoms with Gasteiger partial charge in [0.25, 0.3) is 0 Å². The van der Waals surface area contributed by atoms with Crippen molar-refractivity contribution >= 4 is 14.8 Å². The van der Waals surface area contributed by atoms with Crippen LogP contribution in [-0.2, 0) is 9.53 Å². The average Bonchev–Trinajstić information content (AvgIpc) is 1.85. The molecule has 0 aromatic carbocycles. The van der Waals surface area contributed by atoms with Crippen molar-refractivity contribution in [3.8, 4) is 0 Å². The maximum absolute atomic E-state index is 10.7. The summed E-state index contributed by atoms with van der Waals surface area (Å²) in [6.45, 7) is 6.56. The minimum atomic E-state index is -0.733. The van der Waals surface area contributed by atoms with Gasteiger partial charge in [-0.1, -0.05) is 18.8 Å². The highest BCUT2D eigenvalue weighted by Crippen LogP contribution is 1.85. The fourth-order valence-electron chi connectivity index (χ4n) is 0.461. The standard InChI is InChI=1S/C7H14O2Si/c1-4-9-7(8)5-6-10(2)3/h5-6,10H,4H2,1-3H3. The third-order valence-corrected chi connectivity index (χ3v) is 1.87. The van der Waals surface area contributed by atoms with Gasteiger partial charge in [0, 0.05) is 6.08 Å². The summed E-state index contributed by atoms with van der Waals surface area (Å²) in [7, 11) is -0.733. The van der Waals surface area contributed by atoms with E-state index in [4.69, 9.17) is 0 Å². The highest BCUT2D eigenvalue weighted by molar-refractivity contribution is 6.61. The van der Waals surface area contributed by atoms with Crippen LogP contribution < -0.4 is 0 Å². The van der Waals surface area contributed by atoms with Gasteiger partial charge in [-0.3, -0.25) is 0 Å². The van der Waals surface area contributed by atoms with E-state index in [1.54, 1.807) is 6.92 Å². The number of carbonyl (C=O) groups is 1. The van der Waals surface area contributed by atoms with Crippen molar-refractivity contribution in [1.82, 2.24) is 0 Å². The number of esters is 1. The van der Waals surface area contributed by atoms with Crippen molar-refractivity contribution in [3.63, 3.8) is 0 Å². The minimum Gasteiger partial charge on any atom is -0.463 e. The van der Waals surface area contributed by atoms with Gasteiger partial charge in [-0.2, -0.15) is 0 Å². The molecule has 2 nitrogen and oxygen atoms in total. The van der Waals surface area contributed by atoms with E-state index in [1.807, 2.05) is 5.70 Å². The lowest BCUT2D eigenvalue weighted by Crippen LogP contribution is -2.02. The molecular weight excluding hydrogens is 144 g/mol. The molecule has 0 radical (unpaired) electrons. The zero-order valence-electron chi connectivity index (χ0n) is 6.76. The van der Waals surface area contributed by atoms with Gasteiger partial charge in [0.05, 0.1) is 15.4 Å². The molecule has 0 bridgehead atoms. The molecule has 0 saturated carbocycles. The van der Waals surface area contributed by atoms with E-state index in [1.165, 1.54) is 6.08 Å². The van der Waals surface area contributed by atoms with Gasteiger partial charge >= 0.3 is 5.97 Å². The number of carbonyl (C=O) groups excluding carboxylic acids is 1. The maximum atomic E-state index is 10.7. The van der Waals surface area contributed by atoms with E-state index in [2.05, 4.69) is 17.8 Å². The van der Waals surface area contributed by atoms with Gasteiger partial charge in [0.15, 0.2) is 0 Å². The molecule has 0 aromatic heterocycles. The second-order valence-electron chi connectivity index (χ2n) is 2.36. The molecule has 0 unspecified atom stereocenters. The monoisotopic (exact) mass is 158 g/mol. The summed E-state index contributed by atoms with van der Waals surface area (Å²) in [4.78, 5) is 10.7. The Morgan fingerprint density at radius 3 is 2.60 bits per heavy atom. The van der Waals surface area contributed by atoms with E-state index >= 15 is 0 Å². The zero-order valence-corrected chi connectivity index (χ0v) is 7.91. The fraction of sp³-hybridized carbons (Fsp3) is 0.571. The van der Waals surface area contributed by atoms with Crippen molar-refractivity contribution in [2.75, 3.05) is 6.61 Å². The van der Waals surface area contributed by atoms with Crippen LogP contribution >= 0.6 is 0 Å². The molecule has 0 amide bonds. The van der Waals surface area contributed by atoms with Crippen LogP contribution in [0.15, 0.2) is 11.8 Å². The Balaban J connectivity index is 3.56. The lowest BCUT2D eigenvalue weighted by atomic mass is 10.6. The molecule has 0 spiro atoms. The molecule has 3 heteroatoms. The van der Waals surface area contributed by atoms with E-state index in [9.17, 15) is 4.79 Å². The Hall–Kier alpha value is -0.573. The number of ether oxygens (including phenoxy) is 1. The Morgan fingerprint density at radius 2 is 2.20 bits per heavy atom. The third kappa shape index (κ3) is 5.56. The largest absolute Gasteiger partial charge is 0.463 e. The predicted octanol–water partition coefficient (Wildman–Crippen LogP) is 1.13. The highest BCUT2D eigenvalue weighted by Gasteiger charge is 1.93. The summed E-state index contributed by atoms with van der Waals surface area (Å²) in [5.41, 5.74) is 1.96. The molecule has 0 rings (SSSR count). The summed E-state index contributed by atoms with van der Waals surface area (Å²) in [6, 6.07) is 0. The van der Waals surface area contributed by atoms with E-state index in [-0.39, 0.29) is 5.97 Å². The Bertz CT molecular complexity index is 130. The summed E-state index contributed by atoms with van der Waals surface area (Å²) >= 11 is 0. The second kappa shape index (κ2) is 5.23. The quantitative estimate of drug-likeness (QED) is 0.350. The first-order chi connectivity index (χ1) is 4.66. The number of rotatable bonds is 3. The van der Waals surface area contributed by atoms with Crippen molar-refractivity contribution < 1.29 is 9.53 Å². The smallest absolute Gasteiger partial charge is 0.330 e. The lowest BCUT2D eigenvalue weighted by molar-refractivity contribution is -0.137. The molecule has 58 valence electrons. The zero-order chi connectivity index (χ0) is 7.98. The number of hydrogen-bond acceptors (Lipinski definition) is 2. The van der Waals surface area contributed by atoms with Crippen LogP contribution in [0.1, 0.15) is 6.92 Å². The molecule has 0 heterocycles. The SMILES string of the molecule is CCOC(=O)C=C[SiH](C)C. The van der Waals surface area contributed by atoms with Gasteiger partial charge in [-0.25, -0.2) is 4.79 Å². The minimum absolute atomic E-state index is 0.219. The molecule has 0 saturated heterocycles. The van der Waals surface area contributed by atoms with Crippen molar-refractivity contribution in [2.45, 2.75) is 20.0 Å². The van der Waals surface area contributed by atoms with Crippen molar-refractivity contribution in [2.24, 2.45) is 0 Å². The topological polar surface area (TPSA) is 26.3 Å². The molecule has 0 atom stereocenters. The third-order valence-electron chi connectivity index (χ3n) is 0.904. The Labute approximate surface area is 63.5 Å². The highest BCUT2D eigenvalue weighted by atomic mass is 28.3. The van der Waals surface area contributed by atoms with Gasteiger partial charge in [0.1, 0.15) is 0 Å². The maximum Gasteiger partial charge on any atom is 0.330 e. The molecule has 10 heavy (non-hydrogen) atoms. The molecule has 0 aromatic rings. The van der Waals surface area contributed by atoms with Gasteiger partial charge in [-0.15, -0.1) is 0 Å². The molecule has 0 fully saturated rings. The fourth-order valence-corrected chi connectivity index (χ4v) is 1.00. The first-order valence-electron chi connectivity index (χ1n) is 3.51. The van der Waals surface area contributed by atoms with E-state index < -0.39 is 8.80 Å². The van der Waals surface area contributed by atoms with E-state index in [0.717, 1.165) is 0 Å². The molecule has 0 N–H and O–H groups in total. The van der Waals surface area contributed by atoms with Crippen LogP contribution in [0, 0.1) is 0 Å².